The van der Waals surface area contributed by atoms with Crippen molar-refractivity contribution in [1.82, 2.24) is 4.90 Å². The van der Waals surface area contributed by atoms with Crippen LogP contribution in [0.2, 0.25) is 0 Å². The molecule has 0 aromatic rings. The number of hydrogen-bond acceptors (Lipinski definition) is 1. The highest BCUT2D eigenvalue weighted by Gasteiger charge is 2.13. The van der Waals surface area contributed by atoms with Crippen molar-refractivity contribution in [2.45, 2.75) is 39.5 Å². The first-order valence-corrected chi connectivity index (χ1v) is 5.55. The molecule has 0 aliphatic carbocycles. The molecule has 1 heteroatoms. The quantitative estimate of drug-likeness (QED) is 0.605. The summed E-state index contributed by atoms with van der Waals surface area (Å²) in [4.78, 5) is 2.60. The Kier molecular flexibility index (Phi) is 4.51. The third-order valence-corrected chi connectivity index (χ3v) is 2.85. The topological polar surface area (TPSA) is 3.24 Å². The first kappa shape index (κ1) is 10.8. The van der Waals surface area contributed by atoms with E-state index in [-0.39, 0.29) is 0 Å². The molecule has 0 radical (unpaired) electrons. The first-order valence-electron chi connectivity index (χ1n) is 5.55. The van der Waals surface area contributed by atoms with Gasteiger partial charge in [-0.2, -0.15) is 0 Å². The lowest BCUT2D eigenvalue weighted by atomic mass is 10.1. The zero-order valence-electron chi connectivity index (χ0n) is 9.18. The summed E-state index contributed by atoms with van der Waals surface area (Å²) in [6.45, 7) is 12.3. The van der Waals surface area contributed by atoms with Crippen molar-refractivity contribution in [2.75, 3.05) is 19.6 Å². The molecule has 0 bridgehead atoms. The highest BCUT2D eigenvalue weighted by atomic mass is 15.1. The second kappa shape index (κ2) is 5.43. The van der Waals surface area contributed by atoms with Gasteiger partial charge >= 0.3 is 0 Å². The Morgan fingerprint density at radius 1 is 1.46 bits per heavy atom. The zero-order chi connectivity index (χ0) is 9.68. The second-order valence-corrected chi connectivity index (χ2v) is 4.61. The molecule has 1 heterocycles. The molecular formula is C12H23N. The van der Waals surface area contributed by atoms with Crippen molar-refractivity contribution in [3.8, 4) is 0 Å². The highest BCUT2D eigenvalue weighted by molar-refractivity contribution is 4.88. The van der Waals surface area contributed by atoms with Gasteiger partial charge in [0.25, 0.3) is 0 Å². The minimum absolute atomic E-state index is 0.896. The predicted molar refractivity (Wildman–Crippen MR) is 58.9 cm³/mol. The van der Waals surface area contributed by atoms with Crippen LogP contribution in [-0.4, -0.2) is 24.5 Å². The van der Waals surface area contributed by atoms with E-state index in [2.05, 4.69) is 25.3 Å². The molecule has 1 aliphatic heterocycles. The number of likely N-dealkylation sites (tertiary alicyclic amines) is 1. The lowest BCUT2D eigenvalue weighted by molar-refractivity contribution is 0.259. The van der Waals surface area contributed by atoms with E-state index in [4.69, 9.17) is 0 Å². The molecule has 0 aromatic carbocycles. The fraction of sp³-hybridized carbons (Fsp3) is 0.833. The van der Waals surface area contributed by atoms with Crippen molar-refractivity contribution in [3.63, 3.8) is 0 Å². The van der Waals surface area contributed by atoms with E-state index in [0.717, 1.165) is 5.92 Å². The standard InChI is InChI=1S/C12H23N/c1-11(2)7-9-13-8-5-4-6-12(3)10-13/h12H,1,4-10H2,2-3H3. The Balaban J connectivity index is 2.26. The van der Waals surface area contributed by atoms with Crippen LogP contribution in [-0.2, 0) is 0 Å². The summed E-state index contributed by atoms with van der Waals surface area (Å²) in [6.07, 6.45) is 5.40. The van der Waals surface area contributed by atoms with E-state index in [1.165, 1.54) is 50.9 Å². The normalized spacial score (nSPS) is 25.5. The fourth-order valence-electron chi connectivity index (χ4n) is 2.00. The summed E-state index contributed by atoms with van der Waals surface area (Å²) >= 11 is 0. The van der Waals surface area contributed by atoms with Gasteiger partial charge in [0, 0.05) is 13.1 Å². The molecular weight excluding hydrogens is 158 g/mol. The molecule has 1 fully saturated rings. The van der Waals surface area contributed by atoms with Gasteiger partial charge in [-0.25, -0.2) is 0 Å². The number of nitrogens with zero attached hydrogens (tertiary/aromatic N) is 1. The Hall–Kier alpha value is -0.300. The number of rotatable bonds is 3. The molecule has 1 nitrogen and oxygen atoms in total. The first-order chi connectivity index (χ1) is 6.18. The molecule has 0 spiro atoms. The van der Waals surface area contributed by atoms with E-state index in [1.54, 1.807) is 0 Å². The smallest absolute Gasteiger partial charge is 0.00185 e. The summed E-state index contributed by atoms with van der Waals surface area (Å²) < 4.78 is 0. The van der Waals surface area contributed by atoms with Gasteiger partial charge < -0.3 is 4.90 Å². The summed E-state index contributed by atoms with van der Waals surface area (Å²) in [6, 6.07) is 0. The summed E-state index contributed by atoms with van der Waals surface area (Å²) in [5, 5.41) is 0. The molecule has 13 heavy (non-hydrogen) atoms. The molecule has 1 atom stereocenters. The van der Waals surface area contributed by atoms with Crippen molar-refractivity contribution in [3.05, 3.63) is 12.2 Å². The monoisotopic (exact) mass is 181 g/mol. The third kappa shape index (κ3) is 4.47. The molecule has 76 valence electrons. The van der Waals surface area contributed by atoms with Gasteiger partial charge in [-0.3, -0.25) is 0 Å². The van der Waals surface area contributed by atoms with Crippen molar-refractivity contribution < 1.29 is 0 Å². The minimum atomic E-state index is 0.896. The van der Waals surface area contributed by atoms with Crippen LogP contribution in [0.25, 0.3) is 0 Å². The van der Waals surface area contributed by atoms with E-state index in [1.807, 2.05) is 0 Å². The van der Waals surface area contributed by atoms with Crippen molar-refractivity contribution in [2.24, 2.45) is 5.92 Å². The van der Waals surface area contributed by atoms with Crippen LogP contribution >= 0.6 is 0 Å². The van der Waals surface area contributed by atoms with Crippen LogP contribution in [0.4, 0.5) is 0 Å². The van der Waals surface area contributed by atoms with E-state index in [9.17, 15) is 0 Å². The second-order valence-electron chi connectivity index (χ2n) is 4.61. The average Bonchev–Trinajstić information content (AvgIpc) is 2.26. The van der Waals surface area contributed by atoms with Crippen LogP contribution in [0.5, 0.6) is 0 Å². The van der Waals surface area contributed by atoms with Crippen molar-refractivity contribution >= 4 is 0 Å². The third-order valence-electron chi connectivity index (χ3n) is 2.85. The molecule has 0 amide bonds. The highest BCUT2D eigenvalue weighted by Crippen LogP contribution is 2.16. The summed E-state index contributed by atoms with van der Waals surface area (Å²) in [5.41, 5.74) is 1.32. The van der Waals surface area contributed by atoms with E-state index in [0.29, 0.717) is 0 Å². The van der Waals surface area contributed by atoms with Crippen LogP contribution in [0.3, 0.4) is 0 Å². The van der Waals surface area contributed by atoms with Crippen LogP contribution in [0, 0.1) is 5.92 Å². The fourth-order valence-corrected chi connectivity index (χ4v) is 2.00. The SMILES string of the molecule is C=C(C)CCN1CCCCC(C)C1. The lowest BCUT2D eigenvalue weighted by Gasteiger charge is -2.22. The molecule has 0 N–H and O–H groups in total. The molecule has 0 aromatic heterocycles. The molecule has 0 saturated carbocycles. The maximum absolute atomic E-state index is 3.96. The van der Waals surface area contributed by atoms with Gasteiger partial charge in [-0.05, 0) is 38.6 Å². The van der Waals surface area contributed by atoms with E-state index >= 15 is 0 Å². The van der Waals surface area contributed by atoms with Crippen LogP contribution in [0.15, 0.2) is 12.2 Å². The maximum atomic E-state index is 3.96. The van der Waals surface area contributed by atoms with Gasteiger partial charge in [-0.15, -0.1) is 6.58 Å². The Morgan fingerprint density at radius 2 is 2.23 bits per heavy atom. The largest absolute Gasteiger partial charge is 0.303 e. The van der Waals surface area contributed by atoms with Crippen LogP contribution in [0.1, 0.15) is 39.5 Å². The van der Waals surface area contributed by atoms with Gasteiger partial charge in [0.1, 0.15) is 0 Å². The summed E-state index contributed by atoms with van der Waals surface area (Å²) in [5.74, 6) is 0.896. The van der Waals surface area contributed by atoms with Gasteiger partial charge in [0.15, 0.2) is 0 Å². The predicted octanol–water partition coefficient (Wildman–Crippen LogP) is 3.07. The Morgan fingerprint density at radius 3 is 2.92 bits per heavy atom. The van der Waals surface area contributed by atoms with Gasteiger partial charge in [0.2, 0.25) is 0 Å². The Labute approximate surface area is 82.8 Å². The molecule has 1 saturated heterocycles. The molecule has 1 rings (SSSR count). The summed E-state index contributed by atoms with van der Waals surface area (Å²) in [7, 11) is 0. The van der Waals surface area contributed by atoms with Gasteiger partial charge in [0.05, 0.1) is 0 Å². The molecule has 1 aliphatic rings. The van der Waals surface area contributed by atoms with Gasteiger partial charge in [-0.1, -0.05) is 18.9 Å². The van der Waals surface area contributed by atoms with Crippen LogP contribution < -0.4 is 0 Å². The van der Waals surface area contributed by atoms with E-state index < -0.39 is 0 Å². The minimum Gasteiger partial charge on any atom is -0.303 e. The maximum Gasteiger partial charge on any atom is 0.00185 e. The lowest BCUT2D eigenvalue weighted by Crippen LogP contribution is -2.28. The Bertz CT molecular complexity index is 163. The number of hydrogen-bond donors (Lipinski definition) is 0. The zero-order valence-corrected chi connectivity index (χ0v) is 9.18. The molecule has 1 unspecified atom stereocenters. The van der Waals surface area contributed by atoms with Crippen molar-refractivity contribution in [1.29, 1.82) is 0 Å². The average molecular weight is 181 g/mol.